The summed E-state index contributed by atoms with van der Waals surface area (Å²) in [6, 6.07) is 8.38. The van der Waals surface area contributed by atoms with Gasteiger partial charge in [0.15, 0.2) is 0 Å². The van der Waals surface area contributed by atoms with Crippen molar-refractivity contribution in [1.82, 2.24) is 9.79 Å². The molecule has 0 saturated heterocycles. The molecule has 3 rings (SSSR count). The summed E-state index contributed by atoms with van der Waals surface area (Å²) in [7, 11) is -0.356. The number of hydrogen-bond acceptors (Lipinski definition) is 2. The lowest BCUT2D eigenvalue weighted by Gasteiger charge is -2.26. The summed E-state index contributed by atoms with van der Waals surface area (Å²) < 4.78 is 0. The van der Waals surface area contributed by atoms with Crippen LogP contribution in [0.15, 0.2) is 36.5 Å². The summed E-state index contributed by atoms with van der Waals surface area (Å²) in [5.74, 6) is 0. The van der Waals surface area contributed by atoms with Gasteiger partial charge >= 0.3 is 7.05 Å². The smallest absolute Gasteiger partial charge is 0.376 e. The van der Waals surface area contributed by atoms with E-state index in [0.717, 1.165) is 19.5 Å². The highest BCUT2D eigenvalue weighted by Crippen LogP contribution is 2.29. The maximum Gasteiger partial charge on any atom is 0.376 e. The van der Waals surface area contributed by atoms with Crippen LogP contribution < -0.4 is 0 Å². The molecule has 0 atom stereocenters. The molecule has 4 heteroatoms. The first kappa shape index (κ1) is 11.6. The van der Waals surface area contributed by atoms with Crippen molar-refractivity contribution in [3.8, 4) is 0 Å². The fraction of sp³-hybridized carbons (Fsp3) is 0.286. The van der Waals surface area contributed by atoms with Crippen molar-refractivity contribution in [2.75, 3.05) is 13.1 Å². The van der Waals surface area contributed by atoms with Crippen molar-refractivity contribution in [2.45, 2.75) is 13.2 Å². The van der Waals surface area contributed by atoms with Gasteiger partial charge in [0.1, 0.15) is 0 Å². The zero-order chi connectivity index (χ0) is 12.5. The molecular weight excluding hydrogens is 223 g/mol. The summed E-state index contributed by atoms with van der Waals surface area (Å²) in [4.78, 5) is 5.38. The number of nitrogens with one attached hydrogen (secondary N) is 1. The fourth-order valence-corrected chi connectivity index (χ4v) is 2.61. The summed E-state index contributed by atoms with van der Waals surface area (Å²) >= 11 is 0. The van der Waals surface area contributed by atoms with Gasteiger partial charge < -0.3 is 14.8 Å². The summed E-state index contributed by atoms with van der Waals surface area (Å²) in [5, 5.41) is 10.8. The second-order valence-corrected chi connectivity index (χ2v) is 4.85. The normalized spacial score (nSPS) is 16.9. The summed E-state index contributed by atoms with van der Waals surface area (Å²) in [6.07, 6.45) is 5.31. The van der Waals surface area contributed by atoms with Crippen LogP contribution in [0.5, 0.6) is 0 Å². The van der Waals surface area contributed by atoms with Gasteiger partial charge in [0, 0.05) is 29.2 Å². The highest BCUT2D eigenvalue weighted by molar-refractivity contribution is 6.45. The molecule has 1 aromatic heterocycles. The van der Waals surface area contributed by atoms with Crippen LogP contribution in [0.25, 0.3) is 16.5 Å². The van der Waals surface area contributed by atoms with E-state index in [2.05, 4.69) is 40.3 Å². The fourth-order valence-electron chi connectivity index (χ4n) is 2.61. The third kappa shape index (κ3) is 1.98. The number of benzene rings is 1. The molecule has 18 heavy (non-hydrogen) atoms. The highest BCUT2D eigenvalue weighted by atomic mass is 16.2. The molecule has 0 bridgehead atoms. The number of nitrogens with zero attached hydrogens (tertiary/aromatic N) is 1. The van der Waals surface area contributed by atoms with Crippen molar-refractivity contribution in [1.29, 1.82) is 0 Å². The second kappa shape index (κ2) is 4.63. The topological polar surface area (TPSA) is 39.3 Å². The molecule has 0 spiro atoms. The SMILES string of the molecule is CB(O)N1CC=C(c2c[nH]c3ccccc23)CC1. The Bertz CT molecular complexity index is 588. The molecule has 1 aromatic carbocycles. The monoisotopic (exact) mass is 240 g/mol. The molecule has 3 nitrogen and oxygen atoms in total. The molecule has 1 aliphatic heterocycles. The Labute approximate surface area is 107 Å². The first-order chi connectivity index (χ1) is 8.75. The number of aromatic nitrogens is 1. The van der Waals surface area contributed by atoms with Gasteiger partial charge in [0.2, 0.25) is 0 Å². The molecule has 2 aromatic rings. The summed E-state index contributed by atoms with van der Waals surface area (Å²) in [5.41, 5.74) is 3.87. The maximum atomic E-state index is 9.56. The third-order valence-corrected chi connectivity index (χ3v) is 3.70. The number of hydrogen-bond donors (Lipinski definition) is 2. The van der Waals surface area contributed by atoms with Crippen molar-refractivity contribution in [3.05, 3.63) is 42.1 Å². The molecule has 0 aliphatic carbocycles. The van der Waals surface area contributed by atoms with Gasteiger partial charge in [-0.1, -0.05) is 24.3 Å². The van der Waals surface area contributed by atoms with Crippen molar-refractivity contribution >= 4 is 23.5 Å². The van der Waals surface area contributed by atoms with E-state index >= 15 is 0 Å². The number of aromatic amines is 1. The van der Waals surface area contributed by atoms with Gasteiger partial charge in [-0.2, -0.15) is 0 Å². The van der Waals surface area contributed by atoms with Crippen LogP contribution in [0.2, 0.25) is 6.82 Å². The molecule has 2 heterocycles. The summed E-state index contributed by atoms with van der Waals surface area (Å²) in [6.45, 7) is 3.57. The molecule has 92 valence electrons. The van der Waals surface area contributed by atoms with Crippen LogP contribution in [0.1, 0.15) is 12.0 Å². The Morgan fingerprint density at radius 2 is 2.17 bits per heavy atom. The Kier molecular flexibility index (Phi) is 2.98. The van der Waals surface area contributed by atoms with E-state index in [9.17, 15) is 5.02 Å². The van der Waals surface area contributed by atoms with Gasteiger partial charge in [-0.25, -0.2) is 0 Å². The molecule has 0 radical (unpaired) electrons. The highest BCUT2D eigenvalue weighted by Gasteiger charge is 2.20. The molecule has 2 N–H and O–H groups in total. The van der Waals surface area contributed by atoms with Crippen LogP contribution >= 0.6 is 0 Å². The predicted molar refractivity (Wildman–Crippen MR) is 76.3 cm³/mol. The molecule has 0 saturated carbocycles. The number of para-hydroxylation sites is 1. The minimum absolute atomic E-state index is 0.356. The Morgan fingerprint density at radius 1 is 1.33 bits per heavy atom. The Morgan fingerprint density at radius 3 is 2.89 bits per heavy atom. The van der Waals surface area contributed by atoms with Gasteiger partial charge in [-0.15, -0.1) is 0 Å². The predicted octanol–water partition coefficient (Wildman–Crippen LogP) is 2.37. The zero-order valence-corrected chi connectivity index (χ0v) is 10.6. The van der Waals surface area contributed by atoms with E-state index < -0.39 is 0 Å². The zero-order valence-electron chi connectivity index (χ0n) is 10.6. The van der Waals surface area contributed by atoms with Crippen molar-refractivity contribution in [3.63, 3.8) is 0 Å². The standard InChI is InChI=1S/C14H17BN2O/c1-15(18)17-8-6-11(7-9-17)13-10-16-14-5-3-2-4-12(13)14/h2-6,10,16,18H,7-9H2,1H3. The van der Waals surface area contributed by atoms with E-state index in [1.807, 2.05) is 12.9 Å². The molecule has 0 amide bonds. The Balaban J connectivity index is 1.92. The number of fused-ring (bicyclic) bond motifs is 1. The van der Waals surface area contributed by atoms with Crippen LogP contribution in [0, 0.1) is 0 Å². The van der Waals surface area contributed by atoms with Crippen LogP contribution in [0.4, 0.5) is 0 Å². The van der Waals surface area contributed by atoms with Crippen molar-refractivity contribution in [2.24, 2.45) is 0 Å². The first-order valence-electron chi connectivity index (χ1n) is 6.43. The van der Waals surface area contributed by atoms with Gasteiger partial charge in [-0.05, 0) is 31.4 Å². The van der Waals surface area contributed by atoms with E-state index in [1.165, 1.54) is 22.0 Å². The van der Waals surface area contributed by atoms with Crippen LogP contribution in [0.3, 0.4) is 0 Å². The minimum Gasteiger partial charge on any atom is -0.437 e. The van der Waals surface area contributed by atoms with Crippen LogP contribution in [-0.2, 0) is 0 Å². The number of H-pyrrole nitrogens is 1. The lowest BCUT2D eigenvalue weighted by atomic mass is 9.82. The van der Waals surface area contributed by atoms with Gasteiger partial charge in [0.25, 0.3) is 0 Å². The van der Waals surface area contributed by atoms with Gasteiger partial charge in [0.05, 0.1) is 0 Å². The van der Waals surface area contributed by atoms with Crippen LogP contribution in [-0.4, -0.2) is 35.0 Å². The largest absolute Gasteiger partial charge is 0.437 e. The van der Waals surface area contributed by atoms with Crippen molar-refractivity contribution < 1.29 is 5.02 Å². The lowest BCUT2D eigenvalue weighted by Crippen LogP contribution is -2.39. The maximum absolute atomic E-state index is 9.56. The molecule has 0 unspecified atom stereocenters. The molecule has 1 aliphatic rings. The molecule has 0 fully saturated rings. The lowest BCUT2D eigenvalue weighted by molar-refractivity contribution is 0.392. The minimum atomic E-state index is -0.356. The average molecular weight is 240 g/mol. The quantitative estimate of drug-likeness (QED) is 0.791. The van der Waals surface area contributed by atoms with E-state index in [0.29, 0.717) is 0 Å². The van der Waals surface area contributed by atoms with E-state index in [1.54, 1.807) is 0 Å². The van der Waals surface area contributed by atoms with Gasteiger partial charge in [-0.3, -0.25) is 0 Å². The Hall–Kier alpha value is -1.52. The average Bonchev–Trinajstić information content (AvgIpc) is 2.82. The third-order valence-electron chi connectivity index (χ3n) is 3.70. The first-order valence-corrected chi connectivity index (χ1v) is 6.43. The van der Waals surface area contributed by atoms with E-state index in [4.69, 9.17) is 0 Å². The van der Waals surface area contributed by atoms with E-state index in [-0.39, 0.29) is 7.05 Å². The number of rotatable bonds is 2. The second-order valence-electron chi connectivity index (χ2n) is 4.85. The molecular formula is C14H17BN2O.